The van der Waals surface area contributed by atoms with Gasteiger partial charge in [-0.15, -0.1) is 0 Å². The Hall–Kier alpha value is -1.84. The molecule has 8 nitrogen and oxygen atoms in total. The third-order valence-electron chi connectivity index (χ3n) is 2.13. The number of hydrogen-bond donors (Lipinski definition) is 3. The Bertz CT molecular complexity index is 485. The maximum absolute atomic E-state index is 10.7. The van der Waals surface area contributed by atoms with E-state index in [0.29, 0.717) is 17.6 Å². The Morgan fingerprint density at radius 3 is 2.67 bits per heavy atom. The molecule has 1 rings (SSSR count). The van der Waals surface area contributed by atoms with Crippen LogP contribution in [0.4, 0.5) is 5.00 Å². The lowest BCUT2D eigenvalue weighted by Gasteiger charge is -2.14. The number of carbonyl (C=O) groups excluding carboxylic acids is 2. The summed E-state index contributed by atoms with van der Waals surface area (Å²) in [5.41, 5.74) is 4.63. The topological polar surface area (TPSA) is 144 Å². The number of amides is 1. The van der Waals surface area contributed by atoms with Gasteiger partial charge in [0.2, 0.25) is 5.91 Å². The zero-order valence-electron chi connectivity index (χ0n) is 8.98. The molecular formula is C9H10N2O6S. The van der Waals surface area contributed by atoms with E-state index >= 15 is 0 Å². The molecule has 0 saturated carbocycles. The van der Waals surface area contributed by atoms with E-state index < -0.39 is 34.5 Å². The molecule has 98 valence electrons. The fourth-order valence-corrected chi connectivity index (χ4v) is 2.18. The van der Waals surface area contributed by atoms with Crippen LogP contribution in [0.2, 0.25) is 0 Å². The third kappa shape index (κ3) is 3.09. The lowest BCUT2D eigenvalue weighted by Crippen LogP contribution is -2.25. The van der Waals surface area contributed by atoms with Gasteiger partial charge in [0.1, 0.15) is 6.10 Å². The van der Waals surface area contributed by atoms with Crippen LogP contribution >= 0.6 is 11.3 Å². The predicted octanol–water partition coefficient (Wildman–Crippen LogP) is -0.262. The molecule has 2 unspecified atom stereocenters. The van der Waals surface area contributed by atoms with Crippen molar-refractivity contribution in [2.45, 2.75) is 18.6 Å². The summed E-state index contributed by atoms with van der Waals surface area (Å²) in [6.07, 6.45) is -3.35. The Kier molecular flexibility index (Phi) is 4.48. The summed E-state index contributed by atoms with van der Waals surface area (Å²) in [5, 5.41) is 29.4. The van der Waals surface area contributed by atoms with Gasteiger partial charge in [-0.05, 0) is 6.07 Å². The van der Waals surface area contributed by atoms with Gasteiger partial charge in [-0.1, -0.05) is 11.3 Å². The molecule has 0 radical (unpaired) electrons. The molecule has 0 aliphatic carbocycles. The van der Waals surface area contributed by atoms with Crippen LogP contribution < -0.4 is 5.73 Å². The van der Waals surface area contributed by atoms with E-state index in [-0.39, 0.29) is 10.4 Å². The van der Waals surface area contributed by atoms with Crippen molar-refractivity contribution in [2.24, 2.45) is 5.73 Å². The number of aliphatic hydroxyl groups is 2. The number of nitrogens with zero attached hydrogens (tertiary/aromatic N) is 1. The normalized spacial score (nSPS) is 13.9. The molecule has 9 heteroatoms. The largest absolute Gasteiger partial charge is 0.390 e. The van der Waals surface area contributed by atoms with Gasteiger partial charge < -0.3 is 15.9 Å². The SMILES string of the molecule is NC(=O)CC(O)C(O)c1cc(C=O)sc1[N+](=O)[O-]. The highest BCUT2D eigenvalue weighted by molar-refractivity contribution is 7.17. The van der Waals surface area contributed by atoms with Crippen molar-refractivity contribution in [3.05, 3.63) is 26.6 Å². The van der Waals surface area contributed by atoms with Gasteiger partial charge in [-0.3, -0.25) is 19.7 Å². The fourth-order valence-electron chi connectivity index (χ4n) is 1.35. The minimum absolute atomic E-state index is 0.0435. The molecule has 0 aliphatic heterocycles. The van der Waals surface area contributed by atoms with Gasteiger partial charge in [-0.2, -0.15) is 0 Å². The monoisotopic (exact) mass is 274 g/mol. The van der Waals surface area contributed by atoms with Crippen molar-refractivity contribution in [1.82, 2.24) is 0 Å². The lowest BCUT2D eigenvalue weighted by molar-refractivity contribution is -0.381. The molecule has 1 aromatic rings. The highest BCUT2D eigenvalue weighted by Gasteiger charge is 2.30. The minimum atomic E-state index is -1.65. The summed E-state index contributed by atoms with van der Waals surface area (Å²) in [5.74, 6) is -0.852. The van der Waals surface area contributed by atoms with Crippen molar-refractivity contribution >= 4 is 28.5 Å². The number of aliphatic hydroxyl groups excluding tert-OH is 2. The summed E-state index contributed by atoms with van der Waals surface area (Å²) < 4.78 is 0. The highest BCUT2D eigenvalue weighted by Crippen LogP contribution is 2.35. The van der Waals surface area contributed by atoms with E-state index in [4.69, 9.17) is 5.73 Å². The van der Waals surface area contributed by atoms with E-state index in [2.05, 4.69) is 0 Å². The molecule has 18 heavy (non-hydrogen) atoms. The molecule has 0 fully saturated rings. The summed E-state index contributed by atoms with van der Waals surface area (Å²) in [4.78, 5) is 31.1. The number of primary amides is 1. The zero-order chi connectivity index (χ0) is 13.9. The quantitative estimate of drug-likeness (QED) is 0.370. The number of nitro groups is 1. The lowest BCUT2D eigenvalue weighted by atomic mass is 10.0. The highest BCUT2D eigenvalue weighted by atomic mass is 32.1. The number of carbonyl (C=O) groups is 2. The van der Waals surface area contributed by atoms with Gasteiger partial charge in [-0.25, -0.2) is 0 Å². The molecule has 0 bridgehead atoms. The number of nitrogens with two attached hydrogens (primary N) is 1. The van der Waals surface area contributed by atoms with Crippen molar-refractivity contribution in [1.29, 1.82) is 0 Å². The smallest absolute Gasteiger partial charge is 0.330 e. The first-order valence-corrected chi connectivity index (χ1v) is 5.56. The second-order valence-corrected chi connectivity index (χ2v) is 4.53. The molecule has 4 N–H and O–H groups in total. The average Bonchev–Trinajstić information content (AvgIpc) is 2.71. The predicted molar refractivity (Wildman–Crippen MR) is 61.1 cm³/mol. The second kappa shape index (κ2) is 5.67. The number of thiophene rings is 1. The maximum atomic E-state index is 10.7. The van der Waals surface area contributed by atoms with E-state index in [0.717, 1.165) is 6.07 Å². The van der Waals surface area contributed by atoms with Gasteiger partial charge >= 0.3 is 5.00 Å². The summed E-state index contributed by atoms with van der Waals surface area (Å²) >= 11 is 0.578. The Balaban J connectivity index is 3.06. The van der Waals surface area contributed by atoms with Crippen LogP contribution in [0.3, 0.4) is 0 Å². The molecule has 1 amide bonds. The third-order valence-corrected chi connectivity index (χ3v) is 3.16. The van der Waals surface area contributed by atoms with Crippen LogP contribution in [-0.4, -0.2) is 33.4 Å². The van der Waals surface area contributed by atoms with E-state index in [1.54, 1.807) is 0 Å². The van der Waals surface area contributed by atoms with Crippen LogP contribution in [0.1, 0.15) is 27.8 Å². The van der Waals surface area contributed by atoms with E-state index in [1.807, 2.05) is 0 Å². The van der Waals surface area contributed by atoms with E-state index in [1.165, 1.54) is 0 Å². The molecule has 0 aliphatic rings. The first-order valence-electron chi connectivity index (χ1n) is 4.74. The van der Waals surface area contributed by atoms with Gasteiger partial charge in [0.05, 0.1) is 27.9 Å². The van der Waals surface area contributed by atoms with Crippen LogP contribution in [0, 0.1) is 10.1 Å². The first kappa shape index (κ1) is 14.2. The van der Waals surface area contributed by atoms with Crippen molar-refractivity contribution in [3.63, 3.8) is 0 Å². The molecular weight excluding hydrogens is 264 g/mol. The molecule has 0 aromatic carbocycles. The van der Waals surface area contributed by atoms with E-state index in [9.17, 15) is 29.9 Å². The zero-order valence-corrected chi connectivity index (χ0v) is 9.79. The van der Waals surface area contributed by atoms with Crippen molar-refractivity contribution < 1.29 is 24.7 Å². The van der Waals surface area contributed by atoms with Gasteiger partial charge in [0.25, 0.3) is 0 Å². The average molecular weight is 274 g/mol. The van der Waals surface area contributed by atoms with Crippen LogP contribution in [0.5, 0.6) is 0 Å². The number of aldehydes is 1. The van der Waals surface area contributed by atoms with Gasteiger partial charge in [0.15, 0.2) is 6.29 Å². The minimum Gasteiger partial charge on any atom is -0.390 e. The number of rotatable bonds is 6. The Morgan fingerprint density at radius 1 is 1.61 bits per heavy atom. The Labute approximate surface area is 105 Å². The van der Waals surface area contributed by atoms with Gasteiger partial charge in [0, 0.05) is 0 Å². The standard InChI is InChI=1S/C9H10N2O6S/c10-7(14)2-6(13)8(15)5-1-4(3-12)18-9(5)11(16)17/h1,3,6,8,13,15H,2H2,(H2,10,14). The maximum Gasteiger partial charge on any atom is 0.330 e. The summed E-state index contributed by atoms with van der Waals surface area (Å²) in [6.45, 7) is 0. The molecule has 1 heterocycles. The second-order valence-electron chi connectivity index (χ2n) is 3.47. The van der Waals surface area contributed by atoms with Crippen LogP contribution in [0.25, 0.3) is 0 Å². The van der Waals surface area contributed by atoms with Crippen LogP contribution in [-0.2, 0) is 4.79 Å². The molecule has 0 spiro atoms. The first-order chi connectivity index (χ1) is 8.36. The summed E-state index contributed by atoms with van der Waals surface area (Å²) in [6, 6.07) is 1.10. The Morgan fingerprint density at radius 2 is 2.22 bits per heavy atom. The van der Waals surface area contributed by atoms with Crippen molar-refractivity contribution in [3.8, 4) is 0 Å². The molecule has 2 atom stereocenters. The molecule has 1 aromatic heterocycles. The fraction of sp³-hybridized carbons (Fsp3) is 0.333. The molecule has 0 saturated heterocycles. The summed E-state index contributed by atoms with van der Waals surface area (Å²) in [7, 11) is 0. The van der Waals surface area contributed by atoms with Crippen molar-refractivity contribution in [2.75, 3.05) is 0 Å². The number of hydrogen-bond acceptors (Lipinski definition) is 7. The van der Waals surface area contributed by atoms with Crippen LogP contribution in [0.15, 0.2) is 6.07 Å².